The number of rotatable bonds is 6. The average molecular weight is 288 g/mol. The van der Waals surface area contributed by atoms with E-state index in [9.17, 15) is 9.18 Å². The van der Waals surface area contributed by atoms with Crippen LogP contribution in [-0.4, -0.2) is 12.5 Å². The molecule has 0 aliphatic heterocycles. The predicted molar refractivity (Wildman–Crippen MR) is 78.1 cm³/mol. The number of hydrogen-bond acceptors (Lipinski definition) is 3. The Kier molecular flexibility index (Phi) is 5.29. The molecule has 0 spiro atoms. The Bertz CT molecular complexity index is 599. The summed E-state index contributed by atoms with van der Waals surface area (Å²) in [4.78, 5) is 11.6. The Hall–Kier alpha value is -2.40. The van der Waals surface area contributed by atoms with Crippen LogP contribution < -0.4 is 15.8 Å². The first-order valence-corrected chi connectivity index (χ1v) is 6.61. The Balaban J connectivity index is 1.78. The molecule has 110 valence electrons. The number of carbonyl (C=O) groups excluding carboxylic acids is 1. The van der Waals surface area contributed by atoms with Crippen LogP contribution in [0.15, 0.2) is 48.5 Å². The third-order valence-electron chi connectivity index (χ3n) is 2.96. The van der Waals surface area contributed by atoms with E-state index in [2.05, 4.69) is 5.32 Å². The van der Waals surface area contributed by atoms with Crippen molar-refractivity contribution in [2.75, 3.05) is 6.61 Å². The van der Waals surface area contributed by atoms with Crippen LogP contribution in [0.3, 0.4) is 0 Å². The van der Waals surface area contributed by atoms with E-state index in [1.807, 2.05) is 12.1 Å². The van der Waals surface area contributed by atoms with Crippen molar-refractivity contribution in [2.45, 2.75) is 13.1 Å². The van der Waals surface area contributed by atoms with Gasteiger partial charge in [-0.15, -0.1) is 0 Å². The average Bonchev–Trinajstić information content (AvgIpc) is 2.52. The highest BCUT2D eigenvalue weighted by Gasteiger charge is 2.05. The van der Waals surface area contributed by atoms with Crippen molar-refractivity contribution in [3.63, 3.8) is 0 Å². The van der Waals surface area contributed by atoms with Crippen LogP contribution in [0.1, 0.15) is 11.1 Å². The van der Waals surface area contributed by atoms with Gasteiger partial charge in [-0.25, -0.2) is 4.39 Å². The number of ether oxygens (including phenoxy) is 1. The van der Waals surface area contributed by atoms with Crippen molar-refractivity contribution in [2.24, 2.45) is 5.73 Å². The van der Waals surface area contributed by atoms with Gasteiger partial charge in [-0.3, -0.25) is 4.79 Å². The second-order valence-electron chi connectivity index (χ2n) is 4.50. The van der Waals surface area contributed by atoms with Gasteiger partial charge in [-0.1, -0.05) is 30.3 Å². The van der Waals surface area contributed by atoms with Gasteiger partial charge in [0.1, 0.15) is 11.6 Å². The fraction of sp³-hybridized carbons (Fsp3) is 0.188. The Morgan fingerprint density at radius 1 is 1.14 bits per heavy atom. The minimum Gasteiger partial charge on any atom is -0.484 e. The molecule has 0 heterocycles. The molecule has 0 saturated carbocycles. The molecule has 0 atom stereocenters. The molecule has 5 heteroatoms. The Morgan fingerprint density at radius 3 is 2.52 bits per heavy atom. The monoisotopic (exact) mass is 288 g/mol. The fourth-order valence-electron chi connectivity index (χ4n) is 1.76. The first-order chi connectivity index (χ1) is 10.2. The summed E-state index contributed by atoms with van der Waals surface area (Å²) in [6, 6.07) is 13.5. The molecule has 2 aromatic carbocycles. The third-order valence-corrected chi connectivity index (χ3v) is 2.96. The smallest absolute Gasteiger partial charge is 0.258 e. The summed E-state index contributed by atoms with van der Waals surface area (Å²) in [5.41, 5.74) is 6.93. The zero-order valence-corrected chi connectivity index (χ0v) is 11.5. The van der Waals surface area contributed by atoms with E-state index in [1.165, 1.54) is 6.07 Å². The lowest BCUT2D eigenvalue weighted by molar-refractivity contribution is -0.123. The van der Waals surface area contributed by atoms with E-state index < -0.39 is 0 Å². The lowest BCUT2D eigenvalue weighted by Gasteiger charge is -2.08. The number of benzene rings is 2. The van der Waals surface area contributed by atoms with Crippen LogP contribution in [-0.2, 0) is 17.9 Å². The van der Waals surface area contributed by atoms with Crippen molar-refractivity contribution in [1.82, 2.24) is 5.32 Å². The summed E-state index contributed by atoms with van der Waals surface area (Å²) in [6.45, 7) is 0.487. The van der Waals surface area contributed by atoms with Gasteiger partial charge in [0.05, 0.1) is 0 Å². The summed E-state index contributed by atoms with van der Waals surface area (Å²) < 4.78 is 18.7. The Labute approximate surface area is 122 Å². The molecule has 0 saturated heterocycles. The van der Waals surface area contributed by atoms with E-state index in [0.717, 1.165) is 5.56 Å². The van der Waals surface area contributed by atoms with E-state index in [1.54, 1.807) is 30.3 Å². The van der Waals surface area contributed by atoms with E-state index in [-0.39, 0.29) is 24.9 Å². The van der Waals surface area contributed by atoms with Crippen molar-refractivity contribution >= 4 is 5.91 Å². The van der Waals surface area contributed by atoms with Crippen LogP contribution >= 0.6 is 0 Å². The van der Waals surface area contributed by atoms with Gasteiger partial charge in [0, 0.05) is 18.7 Å². The summed E-state index contributed by atoms with van der Waals surface area (Å²) >= 11 is 0. The van der Waals surface area contributed by atoms with Crippen LogP contribution in [0.4, 0.5) is 4.39 Å². The molecule has 0 radical (unpaired) electrons. The standard InChI is InChI=1S/C16H17FN2O2/c17-15-4-2-1-3-13(15)10-19-16(20)11-21-14-7-5-12(9-18)6-8-14/h1-8H,9-11,18H2,(H,19,20). The van der Waals surface area contributed by atoms with Gasteiger partial charge in [0.25, 0.3) is 5.91 Å². The second kappa shape index (κ2) is 7.40. The minimum atomic E-state index is -0.337. The van der Waals surface area contributed by atoms with Gasteiger partial charge in [0.15, 0.2) is 6.61 Å². The van der Waals surface area contributed by atoms with E-state index in [4.69, 9.17) is 10.5 Å². The molecule has 2 rings (SSSR count). The third kappa shape index (κ3) is 4.57. The van der Waals surface area contributed by atoms with Crippen molar-refractivity contribution in [3.8, 4) is 5.75 Å². The van der Waals surface area contributed by atoms with Crippen LogP contribution in [0, 0.1) is 5.82 Å². The molecular weight excluding hydrogens is 271 g/mol. The molecule has 21 heavy (non-hydrogen) atoms. The predicted octanol–water partition coefficient (Wildman–Crippen LogP) is 1.98. The normalized spacial score (nSPS) is 10.2. The van der Waals surface area contributed by atoms with E-state index in [0.29, 0.717) is 17.9 Å². The van der Waals surface area contributed by atoms with E-state index >= 15 is 0 Å². The number of hydrogen-bond donors (Lipinski definition) is 2. The zero-order chi connectivity index (χ0) is 15.1. The molecule has 0 aromatic heterocycles. The van der Waals surface area contributed by atoms with Crippen LogP contribution in [0.5, 0.6) is 5.75 Å². The lowest BCUT2D eigenvalue weighted by atomic mass is 10.2. The molecule has 0 unspecified atom stereocenters. The fourth-order valence-corrected chi connectivity index (χ4v) is 1.76. The second-order valence-corrected chi connectivity index (χ2v) is 4.50. The van der Waals surface area contributed by atoms with Gasteiger partial charge >= 0.3 is 0 Å². The van der Waals surface area contributed by atoms with Gasteiger partial charge in [-0.2, -0.15) is 0 Å². The highest BCUT2D eigenvalue weighted by Crippen LogP contribution is 2.11. The molecule has 3 N–H and O–H groups in total. The van der Waals surface area contributed by atoms with Crippen molar-refractivity contribution < 1.29 is 13.9 Å². The number of halogens is 1. The minimum absolute atomic E-state index is 0.115. The number of nitrogens with two attached hydrogens (primary N) is 1. The topological polar surface area (TPSA) is 64.3 Å². The molecular formula is C16H17FN2O2. The largest absolute Gasteiger partial charge is 0.484 e. The quantitative estimate of drug-likeness (QED) is 0.854. The SMILES string of the molecule is NCc1ccc(OCC(=O)NCc2ccccc2F)cc1. The summed E-state index contributed by atoms with van der Waals surface area (Å²) in [6.07, 6.45) is 0. The number of amides is 1. The first-order valence-electron chi connectivity index (χ1n) is 6.61. The highest BCUT2D eigenvalue weighted by molar-refractivity contribution is 5.77. The van der Waals surface area contributed by atoms with Crippen molar-refractivity contribution in [1.29, 1.82) is 0 Å². The molecule has 0 aliphatic carbocycles. The lowest BCUT2D eigenvalue weighted by Crippen LogP contribution is -2.28. The van der Waals surface area contributed by atoms with Crippen molar-refractivity contribution in [3.05, 3.63) is 65.5 Å². The maximum Gasteiger partial charge on any atom is 0.258 e. The number of nitrogens with one attached hydrogen (secondary N) is 1. The van der Waals surface area contributed by atoms with Gasteiger partial charge in [0.2, 0.25) is 0 Å². The number of carbonyl (C=O) groups is 1. The summed E-state index contributed by atoms with van der Waals surface area (Å²) in [5.74, 6) is -0.0505. The summed E-state index contributed by atoms with van der Waals surface area (Å²) in [7, 11) is 0. The first kappa shape index (κ1) is 15.0. The highest BCUT2D eigenvalue weighted by atomic mass is 19.1. The molecule has 0 bridgehead atoms. The molecule has 4 nitrogen and oxygen atoms in total. The Morgan fingerprint density at radius 2 is 1.86 bits per heavy atom. The van der Waals surface area contributed by atoms with Crippen LogP contribution in [0.2, 0.25) is 0 Å². The van der Waals surface area contributed by atoms with Gasteiger partial charge in [-0.05, 0) is 23.8 Å². The maximum absolute atomic E-state index is 13.4. The molecule has 2 aromatic rings. The van der Waals surface area contributed by atoms with Crippen LogP contribution in [0.25, 0.3) is 0 Å². The molecule has 0 aliphatic rings. The molecule has 0 fully saturated rings. The molecule has 1 amide bonds. The maximum atomic E-state index is 13.4. The summed E-state index contributed by atoms with van der Waals surface area (Å²) in [5, 5.41) is 2.61. The van der Waals surface area contributed by atoms with Gasteiger partial charge < -0.3 is 15.8 Å². The zero-order valence-electron chi connectivity index (χ0n) is 11.5.